The topological polar surface area (TPSA) is 81.8 Å². The smallest absolute Gasteiger partial charge is 0.326 e. The highest BCUT2D eigenvalue weighted by atomic mass is 16.2. The van der Waals surface area contributed by atoms with E-state index in [1.165, 1.54) is 11.7 Å². The summed E-state index contributed by atoms with van der Waals surface area (Å²) in [5, 5.41) is 10.4. The molecule has 7 heteroatoms. The van der Waals surface area contributed by atoms with Gasteiger partial charge in [0.25, 0.3) is 0 Å². The second-order valence-electron chi connectivity index (χ2n) is 5.70. The van der Waals surface area contributed by atoms with E-state index in [1.807, 2.05) is 37.3 Å². The van der Waals surface area contributed by atoms with Gasteiger partial charge in [-0.25, -0.2) is 4.79 Å². The molecule has 1 atom stereocenters. The number of carbonyl (C=O) groups is 1. The van der Waals surface area contributed by atoms with Crippen molar-refractivity contribution in [1.29, 1.82) is 0 Å². The summed E-state index contributed by atoms with van der Waals surface area (Å²) in [7, 11) is 1.54. The molecular weight excluding hydrogens is 318 g/mol. The van der Waals surface area contributed by atoms with Crippen molar-refractivity contribution in [3.8, 4) is 5.69 Å². The van der Waals surface area contributed by atoms with Crippen LogP contribution >= 0.6 is 0 Å². The molecule has 0 spiro atoms. The molecule has 0 radical (unpaired) electrons. The Labute approximate surface area is 144 Å². The van der Waals surface area contributed by atoms with E-state index in [-0.39, 0.29) is 17.5 Å². The van der Waals surface area contributed by atoms with Gasteiger partial charge in [-0.15, -0.1) is 0 Å². The summed E-state index contributed by atoms with van der Waals surface area (Å²) in [5.41, 5.74) is 1.92. The molecule has 0 saturated carbocycles. The van der Waals surface area contributed by atoms with Crippen LogP contribution in [0.25, 0.3) is 5.69 Å². The molecule has 0 saturated heterocycles. The molecule has 0 aliphatic heterocycles. The van der Waals surface area contributed by atoms with Crippen LogP contribution in [0, 0.1) is 0 Å². The lowest BCUT2D eigenvalue weighted by Gasteiger charge is -2.15. The SMILES string of the molecule is CC[C@@H](C(=O)Nc1ccc(-n2nnn(C)c2=O)cc1)c1ccccc1. The van der Waals surface area contributed by atoms with Crippen LogP contribution in [0.2, 0.25) is 0 Å². The number of nitrogens with zero attached hydrogens (tertiary/aromatic N) is 4. The molecule has 7 nitrogen and oxygen atoms in total. The number of carbonyl (C=O) groups excluding carboxylic acids is 1. The molecule has 3 aromatic rings. The van der Waals surface area contributed by atoms with Gasteiger partial charge in [0.2, 0.25) is 5.91 Å². The van der Waals surface area contributed by atoms with Gasteiger partial charge >= 0.3 is 5.69 Å². The summed E-state index contributed by atoms with van der Waals surface area (Å²) in [5.74, 6) is -0.262. The molecular formula is C18H19N5O2. The van der Waals surface area contributed by atoms with Crippen molar-refractivity contribution < 1.29 is 4.79 Å². The molecule has 0 aliphatic carbocycles. The number of rotatable bonds is 5. The van der Waals surface area contributed by atoms with Crippen LogP contribution < -0.4 is 11.0 Å². The number of hydrogen-bond donors (Lipinski definition) is 1. The number of benzene rings is 2. The van der Waals surface area contributed by atoms with Gasteiger partial charge in [0.15, 0.2) is 0 Å². The minimum atomic E-state index is -0.327. The summed E-state index contributed by atoms with van der Waals surface area (Å²) >= 11 is 0. The summed E-state index contributed by atoms with van der Waals surface area (Å²) in [6.45, 7) is 1.99. The Kier molecular flexibility index (Phi) is 4.74. The molecule has 0 bridgehead atoms. The lowest BCUT2D eigenvalue weighted by molar-refractivity contribution is -0.117. The first kappa shape index (κ1) is 16.6. The predicted octanol–water partition coefficient (Wildman–Crippen LogP) is 2.10. The number of amides is 1. The second kappa shape index (κ2) is 7.12. The monoisotopic (exact) mass is 337 g/mol. The molecule has 0 aliphatic rings. The lowest BCUT2D eigenvalue weighted by atomic mass is 9.95. The summed E-state index contributed by atoms with van der Waals surface area (Å²) < 4.78 is 2.35. The minimum Gasteiger partial charge on any atom is -0.326 e. The maximum Gasteiger partial charge on any atom is 0.368 e. The third kappa shape index (κ3) is 3.50. The summed E-state index contributed by atoms with van der Waals surface area (Å²) in [6, 6.07) is 16.6. The highest BCUT2D eigenvalue weighted by Crippen LogP contribution is 2.21. The first-order valence-corrected chi connectivity index (χ1v) is 8.05. The molecule has 1 N–H and O–H groups in total. The number of aromatic nitrogens is 4. The average molecular weight is 337 g/mol. The van der Waals surface area contributed by atoms with Crippen molar-refractivity contribution in [2.45, 2.75) is 19.3 Å². The summed E-state index contributed by atoms with van der Waals surface area (Å²) in [6.07, 6.45) is 0.711. The van der Waals surface area contributed by atoms with Gasteiger partial charge in [0.05, 0.1) is 11.6 Å². The van der Waals surface area contributed by atoms with Gasteiger partial charge < -0.3 is 5.32 Å². The Morgan fingerprint density at radius 3 is 2.32 bits per heavy atom. The Morgan fingerprint density at radius 2 is 1.76 bits per heavy atom. The fourth-order valence-corrected chi connectivity index (χ4v) is 2.65. The molecule has 1 heterocycles. The highest BCUT2D eigenvalue weighted by Gasteiger charge is 2.18. The van der Waals surface area contributed by atoms with Crippen molar-refractivity contribution in [3.05, 3.63) is 70.6 Å². The van der Waals surface area contributed by atoms with Crippen LogP contribution in [0.5, 0.6) is 0 Å². The Hall–Kier alpha value is -3.22. The third-order valence-electron chi connectivity index (χ3n) is 4.03. The molecule has 1 aromatic heterocycles. The molecule has 128 valence electrons. The van der Waals surface area contributed by atoms with E-state index in [9.17, 15) is 9.59 Å². The zero-order valence-electron chi connectivity index (χ0n) is 14.1. The van der Waals surface area contributed by atoms with E-state index in [0.29, 0.717) is 17.8 Å². The van der Waals surface area contributed by atoms with Crippen LogP contribution in [0.1, 0.15) is 24.8 Å². The second-order valence-corrected chi connectivity index (χ2v) is 5.70. The number of hydrogen-bond acceptors (Lipinski definition) is 4. The maximum absolute atomic E-state index is 12.6. The van der Waals surface area contributed by atoms with E-state index in [1.54, 1.807) is 24.3 Å². The van der Waals surface area contributed by atoms with Crippen molar-refractivity contribution in [3.63, 3.8) is 0 Å². The molecule has 2 aromatic carbocycles. The molecule has 0 fully saturated rings. The van der Waals surface area contributed by atoms with E-state index < -0.39 is 0 Å². The highest BCUT2D eigenvalue weighted by molar-refractivity contribution is 5.95. The van der Waals surface area contributed by atoms with Gasteiger partial charge in [-0.3, -0.25) is 4.79 Å². The van der Waals surface area contributed by atoms with Crippen molar-refractivity contribution in [2.24, 2.45) is 7.05 Å². The number of anilines is 1. The average Bonchev–Trinajstić information content (AvgIpc) is 2.96. The van der Waals surface area contributed by atoms with Gasteiger partial charge in [-0.1, -0.05) is 37.3 Å². The van der Waals surface area contributed by atoms with Crippen LogP contribution in [-0.2, 0) is 11.8 Å². The van der Waals surface area contributed by atoms with E-state index in [4.69, 9.17) is 0 Å². The lowest BCUT2D eigenvalue weighted by Crippen LogP contribution is -2.22. The van der Waals surface area contributed by atoms with Gasteiger partial charge in [-0.2, -0.15) is 9.36 Å². The molecule has 1 amide bonds. The van der Waals surface area contributed by atoms with Crippen molar-refractivity contribution in [1.82, 2.24) is 19.8 Å². The number of tetrazole rings is 1. The van der Waals surface area contributed by atoms with Crippen LogP contribution in [-0.4, -0.2) is 25.7 Å². The maximum atomic E-state index is 12.6. The molecule has 0 unspecified atom stereocenters. The van der Waals surface area contributed by atoms with Crippen molar-refractivity contribution >= 4 is 11.6 Å². The standard InChI is InChI=1S/C18H19N5O2/c1-3-16(13-7-5-4-6-8-13)17(24)19-14-9-11-15(12-10-14)23-18(25)22(2)20-21-23/h4-12,16H,3H2,1-2H3,(H,19,24)/t16-/m1/s1. The zero-order chi connectivity index (χ0) is 17.8. The van der Waals surface area contributed by atoms with Crippen LogP contribution in [0.3, 0.4) is 0 Å². The number of nitrogens with one attached hydrogen (secondary N) is 1. The zero-order valence-corrected chi connectivity index (χ0v) is 14.1. The third-order valence-corrected chi connectivity index (χ3v) is 4.03. The van der Waals surface area contributed by atoms with E-state index in [2.05, 4.69) is 15.7 Å². The normalized spacial score (nSPS) is 11.9. The van der Waals surface area contributed by atoms with Gasteiger partial charge in [-0.05, 0) is 46.7 Å². The van der Waals surface area contributed by atoms with Crippen molar-refractivity contribution in [2.75, 3.05) is 5.32 Å². The Morgan fingerprint density at radius 1 is 1.08 bits per heavy atom. The Bertz CT molecular complexity index is 913. The van der Waals surface area contributed by atoms with E-state index in [0.717, 1.165) is 10.2 Å². The largest absolute Gasteiger partial charge is 0.368 e. The van der Waals surface area contributed by atoms with Gasteiger partial charge in [0.1, 0.15) is 0 Å². The first-order valence-electron chi connectivity index (χ1n) is 8.05. The van der Waals surface area contributed by atoms with Crippen LogP contribution in [0.15, 0.2) is 59.4 Å². The fourth-order valence-electron chi connectivity index (χ4n) is 2.65. The predicted molar refractivity (Wildman–Crippen MR) is 94.7 cm³/mol. The van der Waals surface area contributed by atoms with Crippen LogP contribution in [0.4, 0.5) is 5.69 Å². The molecule has 25 heavy (non-hydrogen) atoms. The minimum absolute atomic E-state index is 0.0573. The van der Waals surface area contributed by atoms with Gasteiger partial charge in [0, 0.05) is 12.7 Å². The summed E-state index contributed by atoms with van der Waals surface area (Å²) in [4.78, 5) is 24.4. The quantitative estimate of drug-likeness (QED) is 0.773. The first-order chi connectivity index (χ1) is 12.1. The fraction of sp³-hybridized carbons (Fsp3) is 0.222. The van der Waals surface area contributed by atoms with E-state index >= 15 is 0 Å². The number of aryl methyl sites for hydroxylation is 1. The Balaban J connectivity index is 1.76. The molecule has 3 rings (SSSR count).